The summed E-state index contributed by atoms with van der Waals surface area (Å²) in [6, 6.07) is 10.6. The summed E-state index contributed by atoms with van der Waals surface area (Å²) in [6.45, 7) is 3.62. The number of rotatable bonds is 5. The molecule has 0 saturated carbocycles. The number of aryl methyl sites for hydroxylation is 1. The Labute approximate surface area is 122 Å². The van der Waals surface area contributed by atoms with Gasteiger partial charge in [0.05, 0.1) is 18.4 Å². The molecule has 110 valence electrons. The quantitative estimate of drug-likeness (QED) is 0.858. The SMILES string of the molecule is Cc1ccccc1C(=O)O[C@@H](C)C(=O)NCc1ccco1. The smallest absolute Gasteiger partial charge is 0.339 e. The van der Waals surface area contributed by atoms with Gasteiger partial charge >= 0.3 is 5.97 Å². The number of carbonyl (C=O) groups excluding carboxylic acids is 2. The van der Waals surface area contributed by atoms with Crippen LogP contribution < -0.4 is 5.32 Å². The molecule has 2 rings (SSSR count). The number of furan rings is 1. The van der Waals surface area contributed by atoms with E-state index in [0.29, 0.717) is 11.3 Å². The van der Waals surface area contributed by atoms with Crippen molar-refractivity contribution in [2.45, 2.75) is 26.5 Å². The minimum atomic E-state index is -0.868. The monoisotopic (exact) mass is 287 g/mol. The Morgan fingerprint density at radius 2 is 2.00 bits per heavy atom. The van der Waals surface area contributed by atoms with Gasteiger partial charge in [0.25, 0.3) is 5.91 Å². The summed E-state index contributed by atoms with van der Waals surface area (Å²) in [5, 5.41) is 2.65. The van der Waals surface area contributed by atoms with E-state index in [2.05, 4.69) is 5.32 Å². The number of esters is 1. The predicted molar refractivity (Wildman–Crippen MR) is 76.6 cm³/mol. The van der Waals surface area contributed by atoms with Gasteiger partial charge in [0.15, 0.2) is 6.10 Å². The topological polar surface area (TPSA) is 68.5 Å². The first kappa shape index (κ1) is 14.8. The van der Waals surface area contributed by atoms with E-state index in [1.807, 2.05) is 19.1 Å². The second kappa shape index (κ2) is 6.74. The molecule has 0 aliphatic rings. The Kier molecular flexibility index (Phi) is 4.77. The fourth-order valence-electron chi connectivity index (χ4n) is 1.81. The largest absolute Gasteiger partial charge is 0.467 e. The number of ether oxygens (including phenoxy) is 1. The molecule has 1 amide bonds. The molecule has 1 heterocycles. The van der Waals surface area contributed by atoms with Gasteiger partial charge < -0.3 is 14.5 Å². The number of hydrogen-bond donors (Lipinski definition) is 1. The third-order valence-corrected chi connectivity index (χ3v) is 3.03. The van der Waals surface area contributed by atoms with Crippen LogP contribution >= 0.6 is 0 Å². The van der Waals surface area contributed by atoms with Crippen LogP contribution in [-0.4, -0.2) is 18.0 Å². The molecule has 1 atom stereocenters. The third kappa shape index (κ3) is 3.95. The Balaban J connectivity index is 1.88. The maximum Gasteiger partial charge on any atom is 0.339 e. The number of hydrogen-bond acceptors (Lipinski definition) is 4. The van der Waals surface area contributed by atoms with Crippen LogP contribution in [0.1, 0.15) is 28.6 Å². The first-order chi connectivity index (χ1) is 10.1. The van der Waals surface area contributed by atoms with Crippen molar-refractivity contribution in [1.29, 1.82) is 0 Å². The lowest BCUT2D eigenvalue weighted by Gasteiger charge is -2.13. The van der Waals surface area contributed by atoms with E-state index in [1.165, 1.54) is 13.2 Å². The average Bonchev–Trinajstić information content (AvgIpc) is 2.98. The highest BCUT2D eigenvalue weighted by Gasteiger charge is 2.19. The maximum atomic E-state index is 12.0. The van der Waals surface area contributed by atoms with Gasteiger partial charge in [0.2, 0.25) is 0 Å². The Bertz CT molecular complexity index is 619. The lowest BCUT2D eigenvalue weighted by molar-refractivity contribution is -0.129. The van der Waals surface area contributed by atoms with E-state index >= 15 is 0 Å². The van der Waals surface area contributed by atoms with Gasteiger partial charge in [-0.3, -0.25) is 4.79 Å². The van der Waals surface area contributed by atoms with Crippen molar-refractivity contribution in [3.05, 3.63) is 59.5 Å². The summed E-state index contributed by atoms with van der Waals surface area (Å²) in [6.07, 6.45) is 0.662. The number of amides is 1. The Hall–Kier alpha value is -2.56. The van der Waals surface area contributed by atoms with Gasteiger partial charge in [0, 0.05) is 0 Å². The Morgan fingerprint density at radius 1 is 1.24 bits per heavy atom. The van der Waals surface area contributed by atoms with E-state index in [9.17, 15) is 9.59 Å². The molecule has 0 aliphatic heterocycles. The lowest BCUT2D eigenvalue weighted by Crippen LogP contribution is -2.35. The van der Waals surface area contributed by atoms with Gasteiger partial charge in [0.1, 0.15) is 5.76 Å². The first-order valence-corrected chi connectivity index (χ1v) is 6.64. The second-order valence-corrected chi connectivity index (χ2v) is 4.66. The molecule has 0 aliphatic carbocycles. The highest BCUT2D eigenvalue weighted by molar-refractivity contribution is 5.93. The summed E-state index contributed by atoms with van der Waals surface area (Å²) in [5.74, 6) is -0.233. The standard InChI is InChI=1S/C16H17NO4/c1-11-6-3-4-8-14(11)16(19)21-12(2)15(18)17-10-13-7-5-9-20-13/h3-9,12H,10H2,1-2H3,(H,17,18)/t12-/m0/s1. The molecule has 0 fully saturated rings. The van der Waals surface area contributed by atoms with Gasteiger partial charge in [-0.15, -0.1) is 0 Å². The van der Waals surface area contributed by atoms with E-state index in [1.54, 1.807) is 24.3 Å². The van der Waals surface area contributed by atoms with Crippen LogP contribution in [-0.2, 0) is 16.1 Å². The Morgan fingerprint density at radius 3 is 2.67 bits per heavy atom. The van der Waals surface area contributed by atoms with Gasteiger partial charge in [-0.25, -0.2) is 4.79 Å². The summed E-state index contributed by atoms with van der Waals surface area (Å²) in [7, 11) is 0. The minimum Gasteiger partial charge on any atom is -0.467 e. The van der Waals surface area contributed by atoms with Crippen LogP contribution in [0.5, 0.6) is 0 Å². The van der Waals surface area contributed by atoms with Gasteiger partial charge in [-0.2, -0.15) is 0 Å². The van der Waals surface area contributed by atoms with Gasteiger partial charge in [-0.05, 0) is 37.6 Å². The summed E-state index contributed by atoms with van der Waals surface area (Å²) in [4.78, 5) is 23.9. The van der Waals surface area contributed by atoms with Crippen LogP contribution in [0.4, 0.5) is 0 Å². The molecule has 1 aromatic carbocycles. The molecule has 5 nitrogen and oxygen atoms in total. The van der Waals surface area contributed by atoms with E-state index in [4.69, 9.17) is 9.15 Å². The van der Waals surface area contributed by atoms with Crippen LogP contribution in [0.3, 0.4) is 0 Å². The van der Waals surface area contributed by atoms with Crippen molar-refractivity contribution < 1.29 is 18.7 Å². The fourth-order valence-corrected chi connectivity index (χ4v) is 1.81. The van der Waals surface area contributed by atoms with E-state index in [-0.39, 0.29) is 12.5 Å². The minimum absolute atomic E-state index is 0.262. The molecule has 0 radical (unpaired) electrons. The van der Waals surface area contributed by atoms with Gasteiger partial charge in [-0.1, -0.05) is 18.2 Å². The third-order valence-electron chi connectivity index (χ3n) is 3.03. The molecule has 0 spiro atoms. The molecule has 1 N–H and O–H groups in total. The van der Waals surface area contributed by atoms with E-state index < -0.39 is 12.1 Å². The average molecular weight is 287 g/mol. The van der Waals surface area contributed by atoms with Crippen molar-refractivity contribution in [1.82, 2.24) is 5.32 Å². The van der Waals surface area contributed by atoms with Crippen LogP contribution in [0.25, 0.3) is 0 Å². The fraction of sp³-hybridized carbons (Fsp3) is 0.250. The summed E-state index contributed by atoms with van der Waals surface area (Å²) >= 11 is 0. The zero-order valence-corrected chi connectivity index (χ0v) is 12.0. The maximum absolute atomic E-state index is 12.0. The van der Waals surface area contributed by atoms with E-state index in [0.717, 1.165) is 5.56 Å². The lowest BCUT2D eigenvalue weighted by atomic mass is 10.1. The zero-order valence-electron chi connectivity index (χ0n) is 12.0. The highest BCUT2D eigenvalue weighted by Crippen LogP contribution is 2.10. The zero-order chi connectivity index (χ0) is 15.2. The molecule has 5 heteroatoms. The first-order valence-electron chi connectivity index (χ1n) is 6.64. The molecular weight excluding hydrogens is 270 g/mol. The number of benzene rings is 1. The summed E-state index contributed by atoms with van der Waals surface area (Å²) in [5.41, 5.74) is 1.27. The molecule has 0 unspecified atom stereocenters. The molecule has 21 heavy (non-hydrogen) atoms. The molecule has 2 aromatic rings. The predicted octanol–water partition coefficient (Wildman–Crippen LogP) is 2.45. The molecule has 1 aromatic heterocycles. The summed E-state index contributed by atoms with van der Waals surface area (Å²) < 4.78 is 10.3. The van der Waals surface area contributed by atoms with Crippen molar-refractivity contribution in [2.24, 2.45) is 0 Å². The highest BCUT2D eigenvalue weighted by atomic mass is 16.5. The number of carbonyl (C=O) groups is 2. The van der Waals surface area contributed by atoms with Crippen molar-refractivity contribution in [3.63, 3.8) is 0 Å². The normalized spacial score (nSPS) is 11.7. The number of nitrogens with one attached hydrogen (secondary N) is 1. The van der Waals surface area contributed by atoms with Crippen molar-refractivity contribution >= 4 is 11.9 Å². The second-order valence-electron chi connectivity index (χ2n) is 4.66. The van der Waals surface area contributed by atoms with Crippen LogP contribution in [0, 0.1) is 6.92 Å². The van der Waals surface area contributed by atoms with Crippen LogP contribution in [0.15, 0.2) is 47.1 Å². The molecular formula is C16H17NO4. The van der Waals surface area contributed by atoms with Crippen LogP contribution in [0.2, 0.25) is 0 Å². The van der Waals surface area contributed by atoms with Crippen molar-refractivity contribution in [2.75, 3.05) is 0 Å². The van der Waals surface area contributed by atoms with Crippen molar-refractivity contribution in [3.8, 4) is 0 Å². The molecule has 0 bridgehead atoms. The molecule has 0 saturated heterocycles.